The average molecular weight is 306 g/mol. The van der Waals surface area contributed by atoms with Crippen LogP contribution >= 0.6 is 0 Å². The first-order valence-electron chi connectivity index (χ1n) is 6.68. The van der Waals surface area contributed by atoms with E-state index in [1.54, 1.807) is 30.3 Å². The highest BCUT2D eigenvalue weighted by atomic mass is 16.6. The third-order valence-electron chi connectivity index (χ3n) is 3.25. The number of non-ortho nitro benzene ring substituents is 1. The van der Waals surface area contributed by atoms with Gasteiger partial charge in [-0.25, -0.2) is 9.97 Å². The molecule has 0 aliphatic carbocycles. The monoisotopic (exact) mass is 306 g/mol. The fourth-order valence-corrected chi connectivity index (χ4v) is 2.08. The maximum absolute atomic E-state index is 10.9. The number of rotatable bonds is 4. The molecule has 23 heavy (non-hydrogen) atoms. The Morgan fingerprint density at radius 1 is 1.17 bits per heavy atom. The number of fused-ring (bicyclic) bond motifs is 1. The summed E-state index contributed by atoms with van der Waals surface area (Å²) in [6.45, 7) is 0.237. The van der Waals surface area contributed by atoms with Gasteiger partial charge >= 0.3 is 0 Å². The van der Waals surface area contributed by atoms with Crippen molar-refractivity contribution in [2.45, 2.75) is 6.61 Å². The van der Waals surface area contributed by atoms with Crippen LogP contribution in [0.3, 0.4) is 0 Å². The van der Waals surface area contributed by atoms with Crippen LogP contribution in [0.5, 0.6) is 5.88 Å². The summed E-state index contributed by atoms with van der Waals surface area (Å²) in [4.78, 5) is 18.5. The molecule has 0 radical (unpaired) electrons. The largest absolute Gasteiger partial charge is 0.472 e. The molecule has 0 saturated heterocycles. The molecule has 0 aliphatic rings. The van der Waals surface area contributed by atoms with Gasteiger partial charge in [0.25, 0.3) is 5.69 Å². The van der Waals surface area contributed by atoms with E-state index in [-0.39, 0.29) is 18.2 Å². The van der Waals surface area contributed by atoms with Gasteiger partial charge in [0.15, 0.2) is 0 Å². The van der Waals surface area contributed by atoms with Crippen LogP contribution in [-0.4, -0.2) is 14.9 Å². The number of nitrogens with zero attached hydrogens (tertiary/aromatic N) is 4. The van der Waals surface area contributed by atoms with Crippen LogP contribution < -0.4 is 4.74 Å². The Kier molecular flexibility index (Phi) is 3.80. The molecule has 7 nitrogen and oxygen atoms in total. The van der Waals surface area contributed by atoms with Gasteiger partial charge in [0.05, 0.1) is 27.5 Å². The molecule has 0 N–H and O–H groups in total. The Hall–Kier alpha value is -3.53. The minimum absolute atomic E-state index is 0.0458. The quantitative estimate of drug-likeness (QED) is 0.542. The van der Waals surface area contributed by atoms with Crippen molar-refractivity contribution >= 4 is 16.6 Å². The zero-order valence-electron chi connectivity index (χ0n) is 11.8. The van der Waals surface area contributed by atoms with Gasteiger partial charge < -0.3 is 4.74 Å². The smallest absolute Gasteiger partial charge is 0.270 e. The lowest BCUT2D eigenvalue weighted by Gasteiger charge is -2.07. The summed E-state index contributed by atoms with van der Waals surface area (Å²) in [6, 6.07) is 13.3. The second-order valence-electron chi connectivity index (χ2n) is 4.73. The van der Waals surface area contributed by atoms with E-state index in [0.717, 1.165) is 5.56 Å². The number of nitro groups is 1. The molecule has 3 aromatic rings. The van der Waals surface area contributed by atoms with E-state index in [1.807, 2.05) is 6.07 Å². The molecule has 0 saturated carbocycles. The maximum atomic E-state index is 10.9. The second kappa shape index (κ2) is 6.07. The highest BCUT2D eigenvalue weighted by molar-refractivity contribution is 5.85. The lowest BCUT2D eigenvalue weighted by Crippen LogP contribution is -1.99. The number of hydrogen-bond acceptors (Lipinski definition) is 6. The standard InChI is InChI=1S/C16H10N4O3/c17-8-11-1-3-12(4-2-11)9-23-16-14-7-13(20(21)22)5-6-15(14)18-10-19-16/h1-7,10H,9H2. The van der Waals surface area contributed by atoms with Gasteiger partial charge in [0, 0.05) is 12.1 Å². The van der Waals surface area contributed by atoms with Gasteiger partial charge in [-0.3, -0.25) is 10.1 Å². The number of benzene rings is 2. The summed E-state index contributed by atoms with van der Waals surface area (Å²) in [5.41, 5.74) is 1.95. The van der Waals surface area contributed by atoms with E-state index in [0.29, 0.717) is 16.5 Å². The third-order valence-corrected chi connectivity index (χ3v) is 3.25. The molecule has 0 bridgehead atoms. The Morgan fingerprint density at radius 3 is 2.65 bits per heavy atom. The SMILES string of the molecule is N#Cc1ccc(COc2ncnc3ccc([N+](=O)[O-])cc23)cc1. The Labute approximate surface area is 130 Å². The van der Waals surface area contributed by atoms with E-state index in [9.17, 15) is 10.1 Å². The Morgan fingerprint density at radius 2 is 1.96 bits per heavy atom. The number of aromatic nitrogens is 2. The summed E-state index contributed by atoms with van der Waals surface area (Å²) < 4.78 is 5.66. The van der Waals surface area contributed by atoms with E-state index in [4.69, 9.17) is 10.00 Å². The van der Waals surface area contributed by atoms with Gasteiger partial charge in [-0.15, -0.1) is 0 Å². The molecule has 0 atom stereocenters. The van der Waals surface area contributed by atoms with Gasteiger partial charge in [-0.1, -0.05) is 12.1 Å². The molecular weight excluding hydrogens is 296 g/mol. The normalized spacial score (nSPS) is 10.2. The maximum Gasteiger partial charge on any atom is 0.270 e. The number of ether oxygens (including phenoxy) is 1. The number of nitriles is 1. The van der Waals surface area contributed by atoms with Gasteiger partial charge in [0.1, 0.15) is 12.9 Å². The van der Waals surface area contributed by atoms with Crippen LogP contribution in [-0.2, 0) is 6.61 Å². The zero-order valence-corrected chi connectivity index (χ0v) is 11.8. The van der Waals surface area contributed by atoms with Crippen molar-refractivity contribution in [1.29, 1.82) is 5.26 Å². The molecule has 1 heterocycles. The summed E-state index contributed by atoms with van der Waals surface area (Å²) in [6.07, 6.45) is 1.35. The minimum atomic E-state index is -0.475. The van der Waals surface area contributed by atoms with Crippen molar-refractivity contribution in [3.05, 3.63) is 70.0 Å². The van der Waals surface area contributed by atoms with Crippen LogP contribution in [0.2, 0.25) is 0 Å². The van der Waals surface area contributed by atoms with E-state index in [1.165, 1.54) is 18.5 Å². The number of nitro benzene ring substituents is 1. The van der Waals surface area contributed by atoms with E-state index >= 15 is 0 Å². The fourth-order valence-electron chi connectivity index (χ4n) is 2.08. The Bertz CT molecular complexity index is 917. The molecule has 0 fully saturated rings. The van der Waals surface area contributed by atoms with Crippen molar-refractivity contribution in [3.63, 3.8) is 0 Å². The molecule has 1 aromatic heterocycles. The molecule has 7 heteroatoms. The number of hydrogen-bond donors (Lipinski definition) is 0. The van der Waals surface area contributed by atoms with Crippen LogP contribution in [0.4, 0.5) is 5.69 Å². The third kappa shape index (κ3) is 3.06. The lowest BCUT2D eigenvalue weighted by atomic mass is 10.1. The highest BCUT2D eigenvalue weighted by Gasteiger charge is 2.11. The van der Waals surface area contributed by atoms with E-state index in [2.05, 4.69) is 9.97 Å². The van der Waals surface area contributed by atoms with Gasteiger partial charge in [0.2, 0.25) is 5.88 Å². The lowest BCUT2D eigenvalue weighted by molar-refractivity contribution is -0.384. The molecule has 0 aliphatic heterocycles. The van der Waals surface area contributed by atoms with Crippen LogP contribution in [0, 0.1) is 21.4 Å². The molecule has 3 rings (SSSR count). The first-order valence-corrected chi connectivity index (χ1v) is 6.68. The van der Waals surface area contributed by atoms with Crippen LogP contribution in [0.1, 0.15) is 11.1 Å². The molecular formula is C16H10N4O3. The van der Waals surface area contributed by atoms with Crippen molar-refractivity contribution in [1.82, 2.24) is 9.97 Å². The molecule has 0 spiro atoms. The minimum Gasteiger partial charge on any atom is -0.472 e. The van der Waals surface area contributed by atoms with Crippen molar-refractivity contribution < 1.29 is 9.66 Å². The molecule has 112 valence electrons. The summed E-state index contributed by atoms with van der Waals surface area (Å²) in [5, 5.41) is 20.1. The van der Waals surface area contributed by atoms with Crippen LogP contribution in [0.15, 0.2) is 48.8 Å². The van der Waals surface area contributed by atoms with Gasteiger partial charge in [-0.2, -0.15) is 5.26 Å². The van der Waals surface area contributed by atoms with Crippen molar-refractivity contribution in [2.75, 3.05) is 0 Å². The highest BCUT2D eigenvalue weighted by Crippen LogP contribution is 2.26. The van der Waals surface area contributed by atoms with Crippen LogP contribution in [0.25, 0.3) is 10.9 Å². The summed E-state index contributed by atoms with van der Waals surface area (Å²) in [5.74, 6) is 0.281. The fraction of sp³-hybridized carbons (Fsp3) is 0.0625. The first-order chi connectivity index (χ1) is 11.2. The first kappa shape index (κ1) is 14.4. The summed E-state index contributed by atoms with van der Waals surface area (Å²) in [7, 11) is 0. The van der Waals surface area contributed by atoms with Crippen molar-refractivity contribution in [3.8, 4) is 11.9 Å². The second-order valence-corrected chi connectivity index (χ2v) is 4.73. The van der Waals surface area contributed by atoms with Crippen molar-refractivity contribution in [2.24, 2.45) is 0 Å². The molecule has 0 unspecified atom stereocenters. The van der Waals surface area contributed by atoms with E-state index < -0.39 is 4.92 Å². The zero-order chi connectivity index (χ0) is 16.2. The predicted molar refractivity (Wildman–Crippen MR) is 81.7 cm³/mol. The summed E-state index contributed by atoms with van der Waals surface area (Å²) >= 11 is 0. The average Bonchev–Trinajstić information content (AvgIpc) is 2.59. The Balaban J connectivity index is 1.88. The molecule has 2 aromatic carbocycles. The topological polar surface area (TPSA) is 102 Å². The van der Waals surface area contributed by atoms with Gasteiger partial charge in [-0.05, 0) is 23.8 Å². The predicted octanol–water partition coefficient (Wildman–Crippen LogP) is 2.99. The molecule has 0 amide bonds.